The molecule has 1 N–H and O–H groups in total. The van der Waals surface area contributed by atoms with E-state index in [9.17, 15) is 0 Å². The monoisotopic (exact) mass is 213 g/mol. The molecule has 0 saturated carbocycles. The van der Waals surface area contributed by atoms with Gasteiger partial charge in [0.05, 0.1) is 10.7 Å². The van der Waals surface area contributed by atoms with Gasteiger partial charge in [0.1, 0.15) is 0 Å². The number of rotatable bonds is 4. The first kappa shape index (κ1) is 11.6. The van der Waals surface area contributed by atoms with Gasteiger partial charge in [0, 0.05) is 24.4 Å². The quantitative estimate of drug-likeness (QED) is 0.775. The van der Waals surface area contributed by atoms with Crippen LogP contribution in [0.15, 0.2) is 5.03 Å². The molecule has 80 valence electrons. The van der Waals surface area contributed by atoms with Crippen molar-refractivity contribution in [1.29, 1.82) is 0 Å². The maximum Gasteiger partial charge on any atom is 0.0986 e. The van der Waals surface area contributed by atoms with Crippen LogP contribution in [-0.4, -0.2) is 22.1 Å². The highest BCUT2D eigenvalue weighted by molar-refractivity contribution is 7.99. The molecule has 0 fully saturated rings. The molecule has 0 spiro atoms. The summed E-state index contributed by atoms with van der Waals surface area (Å²) in [6.45, 7) is 7.37. The van der Waals surface area contributed by atoms with E-state index in [4.69, 9.17) is 0 Å². The third-order valence-corrected chi connectivity index (χ3v) is 3.19. The van der Waals surface area contributed by atoms with E-state index in [0.29, 0.717) is 5.25 Å². The van der Waals surface area contributed by atoms with Gasteiger partial charge < -0.3 is 5.32 Å². The maximum atomic E-state index is 4.44. The number of nitrogens with zero attached hydrogens (tertiary/aromatic N) is 2. The normalized spacial score (nSPS) is 11.3. The summed E-state index contributed by atoms with van der Waals surface area (Å²) in [6.07, 6.45) is 0. The molecule has 1 aromatic heterocycles. The molecule has 0 aliphatic rings. The van der Waals surface area contributed by atoms with Gasteiger partial charge in [-0.1, -0.05) is 13.8 Å². The third kappa shape index (κ3) is 2.51. The molecule has 14 heavy (non-hydrogen) atoms. The minimum absolute atomic E-state index is 0.598. The molecule has 0 aliphatic carbocycles. The minimum atomic E-state index is 0.598. The summed E-state index contributed by atoms with van der Waals surface area (Å²) < 4.78 is 1.98. The highest BCUT2D eigenvalue weighted by Crippen LogP contribution is 2.27. The lowest BCUT2D eigenvalue weighted by Crippen LogP contribution is -2.07. The van der Waals surface area contributed by atoms with E-state index in [1.165, 1.54) is 10.6 Å². The van der Waals surface area contributed by atoms with Crippen molar-refractivity contribution in [3.8, 4) is 0 Å². The van der Waals surface area contributed by atoms with E-state index >= 15 is 0 Å². The van der Waals surface area contributed by atoms with Gasteiger partial charge in [-0.15, -0.1) is 11.8 Å². The van der Waals surface area contributed by atoms with E-state index in [-0.39, 0.29) is 0 Å². The van der Waals surface area contributed by atoms with Crippen molar-refractivity contribution in [2.24, 2.45) is 7.05 Å². The Kier molecular flexibility index (Phi) is 4.01. The Morgan fingerprint density at radius 3 is 2.64 bits per heavy atom. The molecule has 1 rings (SSSR count). The van der Waals surface area contributed by atoms with Gasteiger partial charge in [-0.3, -0.25) is 4.68 Å². The van der Waals surface area contributed by atoms with Crippen molar-refractivity contribution in [2.45, 2.75) is 37.6 Å². The molecular formula is C10H19N3S. The van der Waals surface area contributed by atoms with Gasteiger partial charge in [0.25, 0.3) is 0 Å². The number of hydrogen-bond acceptors (Lipinski definition) is 3. The zero-order valence-corrected chi connectivity index (χ0v) is 10.4. The summed E-state index contributed by atoms with van der Waals surface area (Å²) in [6, 6.07) is 0. The molecule has 1 aromatic rings. The van der Waals surface area contributed by atoms with Gasteiger partial charge in [0.15, 0.2) is 0 Å². The molecule has 0 atom stereocenters. The van der Waals surface area contributed by atoms with E-state index in [0.717, 1.165) is 12.2 Å². The van der Waals surface area contributed by atoms with Gasteiger partial charge in [-0.2, -0.15) is 5.10 Å². The Labute approximate surface area is 90.3 Å². The van der Waals surface area contributed by atoms with Crippen molar-refractivity contribution in [2.75, 3.05) is 7.05 Å². The van der Waals surface area contributed by atoms with Crippen molar-refractivity contribution in [3.05, 3.63) is 11.3 Å². The summed E-state index contributed by atoms with van der Waals surface area (Å²) in [4.78, 5) is 0. The molecule has 0 aromatic carbocycles. The number of thioether (sulfide) groups is 1. The molecule has 0 unspecified atom stereocenters. The largest absolute Gasteiger partial charge is 0.316 e. The average Bonchev–Trinajstić information content (AvgIpc) is 2.31. The first-order valence-electron chi connectivity index (χ1n) is 4.90. The molecule has 0 aliphatic heterocycles. The molecule has 4 heteroatoms. The van der Waals surface area contributed by atoms with Crippen LogP contribution in [-0.2, 0) is 13.6 Å². The molecule has 0 bridgehead atoms. The summed E-state index contributed by atoms with van der Waals surface area (Å²) in [5, 5.41) is 9.51. The van der Waals surface area contributed by atoms with Crippen LogP contribution in [0.25, 0.3) is 0 Å². The standard InChI is InChI=1S/C10H19N3S/c1-7(2)14-10-9(6-11-4)8(3)12-13(10)5/h7,11H,6H2,1-5H3. The molecular weight excluding hydrogens is 194 g/mol. The Hall–Kier alpha value is -0.480. The van der Waals surface area contributed by atoms with Crippen LogP contribution in [0.5, 0.6) is 0 Å². The van der Waals surface area contributed by atoms with Crippen LogP contribution in [0.3, 0.4) is 0 Å². The minimum Gasteiger partial charge on any atom is -0.316 e. The molecule has 3 nitrogen and oxygen atoms in total. The van der Waals surface area contributed by atoms with Crippen LogP contribution in [0.4, 0.5) is 0 Å². The van der Waals surface area contributed by atoms with E-state index in [1.807, 2.05) is 30.5 Å². The lowest BCUT2D eigenvalue weighted by atomic mass is 10.3. The smallest absolute Gasteiger partial charge is 0.0986 e. The molecule has 1 heterocycles. The first-order valence-corrected chi connectivity index (χ1v) is 5.78. The Balaban J connectivity index is 2.98. The van der Waals surface area contributed by atoms with E-state index in [1.54, 1.807) is 0 Å². The van der Waals surface area contributed by atoms with E-state index in [2.05, 4.69) is 31.2 Å². The highest BCUT2D eigenvalue weighted by Gasteiger charge is 2.13. The van der Waals surface area contributed by atoms with Crippen molar-refractivity contribution < 1.29 is 0 Å². The lowest BCUT2D eigenvalue weighted by molar-refractivity contribution is 0.682. The second kappa shape index (κ2) is 4.84. The zero-order chi connectivity index (χ0) is 10.7. The lowest BCUT2D eigenvalue weighted by Gasteiger charge is -2.08. The molecule has 0 amide bonds. The third-order valence-electron chi connectivity index (χ3n) is 1.99. The summed E-state index contributed by atoms with van der Waals surface area (Å²) >= 11 is 1.87. The number of nitrogens with one attached hydrogen (secondary N) is 1. The fourth-order valence-electron chi connectivity index (χ4n) is 1.43. The fraction of sp³-hybridized carbons (Fsp3) is 0.700. The van der Waals surface area contributed by atoms with Gasteiger partial charge >= 0.3 is 0 Å². The van der Waals surface area contributed by atoms with Gasteiger partial charge in [-0.05, 0) is 14.0 Å². The second-order valence-corrected chi connectivity index (χ2v) is 5.25. The predicted molar refractivity (Wildman–Crippen MR) is 61.7 cm³/mol. The Bertz CT molecular complexity index is 305. The summed E-state index contributed by atoms with van der Waals surface area (Å²) in [5.41, 5.74) is 2.46. The summed E-state index contributed by atoms with van der Waals surface area (Å²) in [5.74, 6) is 0. The second-order valence-electron chi connectivity index (χ2n) is 3.69. The number of aromatic nitrogens is 2. The van der Waals surface area contributed by atoms with Crippen LogP contribution >= 0.6 is 11.8 Å². The van der Waals surface area contributed by atoms with Crippen molar-refractivity contribution in [3.63, 3.8) is 0 Å². The zero-order valence-electron chi connectivity index (χ0n) is 9.59. The van der Waals surface area contributed by atoms with Gasteiger partial charge in [-0.25, -0.2) is 0 Å². The molecule has 0 radical (unpaired) electrons. The summed E-state index contributed by atoms with van der Waals surface area (Å²) in [7, 11) is 3.98. The van der Waals surface area contributed by atoms with Crippen LogP contribution < -0.4 is 5.32 Å². The van der Waals surface area contributed by atoms with Gasteiger partial charge in [0.2, 0.25) is 0 Å². The number of hydrogen-bond donors (Lipinski definition) is 1. The van der Waals surface area contributed by atoms with Crippen LogP contribution in [0.1, 0.15) is 25.1 Å². The van der Waals surface area contributed by atoms with E-state index < -0.39 is 0 Å². The maximum absolute atomic E-state index is 4.44. The average molecular weight is 213 g/mol. The number of aryl methyl sites for hydroxylation is 2. The first-order chi connectivity index (χ1) is 6.56. The van der Waals surface area contributed by atoms with Crippen molar-refractivity contribution >= 4 is 11.8 Å². The Morgan fingerprint density at radius 1 is 1.50 bits per heavy atom. The predicted octanol–water partition coefficient (Wildman–Crippen LogP) is 1.95. The molecule has 0 saturated heterocycles. The highest BCUT2D eigenvalue weighted by atomic mass is 32.2. The SMILES string of the molecule is CNCc1c(C)nn(C)c1SC(C)C. The van der Waals surface area contributed by atoms with Crippen LogP contribution in [0.2, 0.25) is 0 Å². The van der Waals surface area contributed by atoms with Crippen LogP contribution in [0, 0.1) is 6.92 Å². The fourth-order valence-corrected chi connectivity index (χ4v) is 2.43. The van der Waals surface area contributed by atoms with Crippen molar-refractivity contribution in [1.82, 2.24) is 15.1 Å². The topological polar surface area (TPSA) is 29.9 Å². The Morgan fingerprint density at radius 2 is 2.14 bits per heavy atom.